The second kappa shape index (κ2) is 11.0. The van der Waals surface area contributed by atoms with Gasteiger partial charge in [0.15, 0.2) is 0 Å². The highest BCUT2D eigenvalue weighted by Gasteiger charge is 2.09. The SMILES string of the molecule is CNCCCCCOCCCOCC(C)(C)C. The van der Waals surface area contributed by atoms with E-state index < -0.39 is 0 Å². The van der Waals surface area contributed by atoms with Gasteiger partial charge >= 0.3 is 0 Å². The van der Waals surface area contributed by atoms with E-state index in [1.165, 1.54) is 19.3 Å². The summed E-state index contributed by atoms with van der Waals surface area (Å²) < 4.78 is 11.1. The Bertz CT molecular complexity index is 155. The summed E-state index contributed by atoms with van der Waals surface area (Å²) in [5.41, 5.74) is 0.272. The third kappa shape index (κ3) is 15.9. The highest BCUT2D eigenvalue weighted by molar-refractivity contribution is 4.58. The summed E-state index contributed by atoms with van der Waals surface area (Å²) in [6, 6.07) is 0. The molecule has 104 valence electrons. The third-order valence-electron chi connectivity index (χ3n) is 2.33. The molecule has 0 aromatic carbocycles. The minimum atomic E-state index is 0.272. The van der Waals surface area contributed by atoms with Crippen molar-refractivity contribution in [2.75, 3.05) is 40.0 Å². The summed E-state index contributed by atoms with van der Waals surface area (Å²) in [5, 5.41) is 3.15. The largest absolute Gasteiger partial charge is 0.381 e. The van der Waals surface area contributed by atoms with Gasteiger partial charge in [0.2, 0.25) is 0 Å². The third-order valence-corrected chi connectivity index (χ3v) is 2.33. The van der Waals surface area contributed by atoms with Crippen LogP contribution in [0.4, 0.5) is 0 Å². The molecule has 0 amide bonds. The van der Waals surface area contributed by atoms with Crippen molar-refractivity contribution in [3.8, 4) is 0 Å². The van der Waals surface area contributed by atoms with E-state index in [0.717, 1.165) is 39.4 Å². The van der Waals surface area contributed by atoms with Gasteiger partial charge in [-0.15, -0.1) is 0 Å². The molecule has 1 N–H and O–H groups in total. The Morgan fingerprint density at radius 1 is 0.824 bits per heavy atom. The maximum Gasteiger partial charge on any atom is 0.0514 e. The van der Waals surface area contributed by atoms with Crippen molar-refractivity contribution < 1.29 is 9.47 Å². The van der Waals surface area contributed by atoms with Crippen molar-refractivity contribution in [1.82, 2.24) is 5.32 Å². The first-order valence-corrected chi connectivity index (χ1v) is 6.86. The van der Waals surface area contributed by atoms with E-state index in [-0.39, 0.29) is 5.41 Å². The Morgan fingerprint density at radius 3 is 2.12 bits per heavy atom. The molecule has 3 heteroatoms. The zero-order valence-electron chi connectivity index (χ0n) is 12.2. The van der Waals surface area contributed by atoms with Gasteiger partial charge in [-0.3, -0.25) is 0 Å². The van der Waals surface area contributed by atoms with Crippen LogP contribution in [-0.2, 0) is 9.47 Å². The number of ether oxygens (including phenoxy) is 2. The number of hydrogen-bond acceptors (Lipinski definition) is 3. The first-order chi connectivity index (χ1) is 8.06. The zero-order chi connectivity index (χ0) is 13.0. The molecule has 0 unspecified atom stereocenters. The smallest absolute Gasteiger partial charge is 0.0514 e. The lowest BCUT2D eigenvalue weighted by Crippen LogP contribution is -2.15. The predicted octanol–water partition coefficient (Wildman–Crippen LogP) is 2.85. The van der Waals surface area contributed by atoms with Crippen molar-refractivity contribution >= 4 is 0 Å². The van der Waals surface area contributed by atoms with Crippen LogP contribution in [0.15, 0.2) is 0 Å². The summed E-state index contributed by atoms with van der Waals surface area (Å²) in [7, 11) is 1.99. The van der Waals surface area contributed by atoms with Crippen LogP contribution in [0, 0.1) is 5.41 Å². The molecule has 17 heavy (non-hydrogen) atoms. The van der Waals surface area contributed by atoms with Crippen molar-refractivity contribution in [2.24, 2.45) is 5.41 Å². The first kappa shape index (κ1) is 16.9. The van der Waals surface area contributed by atoms with Gasteiger partial charge in [-0.05, 0) is 44.7 Å². The van der Waals surface area contributed by atoms with Crippen molar-refractivity contribution in [3.63, 3.8) is 0 Å². The van der Waals surface area contributed by atoms with Crippen molar-refractivity contribution in [1.29, 1.82) is 0 Å². The molecule has 0 spiro atoms. The molecule has 0 fully saturated rings. The topological polar surface area (TPSA) is 30.5 Å². The van der Waals surface area contributed by atoms with Crippen LogP contribution in [0.2, 0.25) is 0 Å². The van der Waals surface area contributed by atoms with E-state index in [1.54, 1.807) is 0 Å². The molecule has 0 aliphatic rings. The van der Waals surface area contributed by atoms with Crippen LogP contribution in [-0.4, -0.2) is 40.0 Å². The molecule has 0 atom stereocenters. The summed E-state index contributed by atoms with van der Waals surface area (Å²) in [5.74, 6) is 0. The molecule has 0 heterocycles. The maximum absolute atomic E-state index is 5.57. The Hall–Kier alpha value is -0.120. The van der Waals surface area contributed by atoms with Gasteiger partial charge in [-0.2, -0.15) is 0 Å². The van der Waals surface area contributed by atoms with Crippen LogP contribution in [0.5, 0.6) is 0 Å². The number of unbranched alkanes of at least 4 members (excludes halogenated alkanes) is 2. The predicted molar refractivity (Wildman–Crippen MR) is 73.5 cm³/mol. The lowest BCUT2D eigenvalue weighted by Gasteiger charge is -2.17. The van der Waals surface area contributed by atoms with Crippen LogP contribution in [0.3, 0.4) is 0 Å². The minimum absolute atomic E-state index is 0.272. The Kier molecular flexibility index (Phi) is 10.9. The molecule has 0 bridgehead atoms. The second-order valence-corrected chi connectivity index (χ2v) is 5.74. The second-order valence-electron chi connectivity index (χ2n) is 5.74. The van der Waals surface area contributed by atoms with E-state index in [0.29, 0.717) is 0 Å². The van der Waals surface area contributed by atoms with E-state index in [4.69, 9.17) is 9.47 Å². The normalized spacial score (nSPS) is 12.0. The molecule has 3 nitrogen and oxygen atoms in total. The van der Waals surface area contributed by atoms with Gasteiger partial charge in [0, 0.05) is 19.8 Å². The standard InChI is InChI=1S/C14H31NO2/c1-14(2,3)13-17-12-8-11-16-10-7-5-6-9-15-4/h15H,5-13H2,1-4H3. The summed E-state index contributed by atoms with van der Waals surface area (Å²) in [6.45, 7) is 11.0. The molecule has 0 aromatic rings. The van der Waals surface area contributed by atoms with E-state index in [9.17, 15) is 0 Å². The summed E-state index contributed by atoms with van der Waals surface area (Å²) in [6.07, 6.45) is 4.67. The van der Waals surface area contributed by atoms with Gasteiger partial charge in [0.25, 0.3) is 0 Å². The average Bonchev–Trinajstić information content (AvgIpc) is 2.24. The van der Waals surface area contributed by atoms with E-state index in [2.05, 4.69) is 26.1 Å². The molecule has 0 saturated carbocycles. The van der Waals surface area contributed by atoms with E-state index in [1.807, 2.05) is 7.05 Å². The number of hydrogen-bond donors (Lipinski definition) is 1. The fraction of sp³-hybridized carbons (Fsp3) is 1.00. The van der Waals surface area contributed by atoms with Crippen LogP contribution in [0.25, 0.3) is 0 Å². The molecule has 0 aliphatic heterocycles. The maximum atomic E-state index is 5.57. The highest BCUT2D eigenvalue weighted by atomic mass is 16.5. The first-order valence-electron chi connectivity index (χ1n) is 6.86. The minimum Gasteiger partial charge on any atom is -0.381 e. The zero-order valence-corrected chi connectivity index (χ0v) is 12.2. The Labute approximate surface area is 107 Å². The van der Waals surface area contributed by atoms with E-state index >= 15 is 0 Å². The molecule has 0 aliphatic carbocycles. The lowest BCUT2D eigenvalue weighted by atomic mass is 9.99. The van der Waals surface area contributed by atoms with Crippen LogP contribution in [0.1, 0.15) is 46.5 Å². The average molecular weight is 245 g/mol. The van der Waals surface area contributed by atoms with Gasteiger partial charge < -0.3 is 14.8 Å². The lowest BCUT2D eigenvalue weighted by molar-refractivity contribution is 0.0477. The number of rotatable bonds is 11. The summed E-state index contributed by atoms with van der Waals surface area (Å²) in [4.78, 5) is 0. The molecule has 0 radical (unpaired) electrons. The Morgan fingerprint density at radius 2 is 1.47 bits per heavy atom. The van der Waals surface area contributed by atoms with Gasteiger partial charge in [-0.25, -0.2) is 0 Å². The van der Waals surface area contributed by atoms with Gasteiger partial charge in [0.05, 0.1) is 6.61 Å². The van der Waals surface area contributed by atoms with Crippen LogP contribution < -0.4 is 5.32 Å². The fourth-order valence-corrected chi connectivity index (χ4v) is 1.43. The van der Waals surface area contributed by atoms with Gasteiger partial charge in [0.1, 0.15) is 0 Å². The molecule has 0 aromatic heterocycles. The molecule has 0 saturated heterocycles. The van der Waals surface area contributed by atoms with Crippen molar-refractivity contribution in [2.45, 2.75) is 46.5 Å². The molecule has 0 rings (SSSR count). The quantitative estimate of drug-likeness (QED) is 0.568. The fourth-order valence-electron chi connectivity index (χ4n) is 1.43. The number of nitrogens with one attached hydrogen (secondary N) is 1. The molecular formula is C14H31NO2. The van der Waals surface area contributed by atoms with Crippen LogP contribution >= 0.6 is 0 Å². The summed E-state index contributed by atoms with van der Waals surface area (Å²) >= 11 is 0. The van der Waals surface area contributed by atoms with Gasteiger partial charge in [-0.1, -0.05) is 20.8 Å². The van der Waals surface area contributed by atoms with Crippen molar-refractivity contribution in [3.05, 3.63) is 0 Å². The molecular weight excluding hydrogens is 214 g/mol. The Balaban J connectivity index is 2.99. The highest BCUT2D eigenvalue weighted by Crippen LogP contribution is 2.12. The monoisotopic (exact) mass is 245 g/mol.